The SMILES string of the molecule is CNC1CCN(C(=O)C2CC(=O)N(C(C)c3ccccc3)C2)CC1.Cl. The summed E-state index contributed by atoms with van der Waals surface area (Å²) in [6.07, 6.45) is 2.34. The van der Waals surface area contributed by atoms with Gasteiger partial charge in [-0.2, -0.15) is 0 Å². The highest BCUT2D eigenvalue weighted by Crippen LogP contribution is 2.29. The number of nitrogens with one attached hydrogen (secondary N) is 1. The van der Waals surface area contributed by atoms with Gasteiger partial charge in [0.1, 0.15) is 0 Å². The summed E-state index contributed by atoms with van der Waals surface area (Å²) in [4.78, 5) is 29.0. The molecule has 2 fully saturated rings. The standard InChI is InChI=1S/C19H27N3O2.ClH/c1-14(15-6-4-3-5-7-15)22-13-16(12-18(22)23)19(24)21-10-8-17(20-2)9-11-21;/h3-7,14,16-17,20H,8-13H2,1-2H3;1H. The zero-order valence-electron chi connectivity index (χ0n) is 15.0. The molecular weight excluding hydrogens is 338 g/mol. The van der Waals surface area contributed by atoms with Crippen LogP contribution in [0.5, 0.6) is 0 Å². The van der Waals surface area contributed by atoms with Gasteiger partial charge in [-0.3, -0.25) is 9.59 Å². The second-order valence-electron chi connectivity index (χ2n) is 6.92. The van der Waals surface area contributed by atoms with Gasteiger partial charge in [-0.05, 0) is 32.4 Å². The first-order chi connectivity index (χ1) is 11.6. The summed E-state index contributed by atoms with van der Waals surface area (Å²) >= 11 is 0. The fraction of sp³-hybridized carbons (Fsp3) is 0.579. The summed E-state index contributed by atoms with van der Waals surface area (Å²) in [5.41, 5.74) is 1.12. The smallest absolute Gasteiger partial charge is 0.227 e. The van der Waals surface area contributed by atoms with E-state index >= 15 is 0 Å². The van der Waals surface area contributed by atoms with Crippen LogP contribution >= 0.6 is 12.4 Å². The van der Waals surface area contributed by atoms with Crippen molar-refractivity contribution >= 4 is 24.2 Å². The Labute approximate surface area is 156 Å². The van der Waals surface area contributed by atoms with Crippen molar-refractivity contribution in [3.8, 4) is 0 Å². The summed E-state index contributed by atoms with van der Waals surface area (Å²) in [6, 6.07) is 10.6. The number of piperidine rings is 1. The Hall–Kier alpha value is -1.59. The largest absolute Gasteiger partial charge is 0.342 e. The maximum Gasteiger partial charge on any atom is 0.227 e. The summed E-state index contributed by atoms with van der Waals surface area (Å²) in [6.45, 7) is 4.17. The Morgan fingerprint density at radius 2 is 1.84 bits per heavy atom. The maximum atomic E-state index is 12.8. The van der Waals surface area contributed by atoms with Gasteiger partial charge in [0.25, 0.3) is 0 Å². The van der Waals surface area contributed by atoms with Crippen LogP contribution in [0.2, 0.25) is 0 Å². The van der Waals surface area contributed by atoms with Crippen LogP contribution in [0.3, 0.4) is 0 Å². The van der Waals surface area contributed by atoms with E-state index in [0.29, 0.717) is 19.0 Å². The fourth-order valence-electron chi connectivity index (χ4n) is 3.83. The Kier molecular flexibility index (Phi) is 6.85. The number of rotatable bonds is 4. The molecule has 0 aromatic heterocycles. The summed E-state index contributed by atoms with van der Waals surface area (Å²) in [5, 5.41) is 3.28. The Morgan fingerprint density at radius 3 is 2.44 bits per heavy atom. The molecule has 5 nitrogen and oxygen atoms in total. The third-order valence-electron chi connectivity index (χ3n) is 5.47. The van der Waals surface area contributed by atoms with E-state index in [1.807, 2.05) is 54.1 Å². The average molecular weight is 366 g/mol. The molecule has 1 aromatic rings. The minimum Gasteiger partial charge on any atom is -0.342 e. The normalized spacial score (nSPS) is 22.6. The molecule has 2 aliphatic heterocycles. The monoisotopic (exact) mass is 365 g/mol. The van der Waals surface area contributed by atoms with Crippen LogP contribution in [0.15, 0.2) is 30.3 Å². The number of benzene rings is 1. The van der Waals surface area contributed by atoms with Gasteiger partial charge in [-0.25, -0.2) is 0 Å². The molecule has 2 aliphatic rings. The van der Waals surface area contributed by atoms with E-state index in [-0.39, 0.29) is 36.2 Å². The summed E-state index contributed by atoms with van der Waals surface area (Å²) < 4.78 is 0. The van der Waals surface area contributed by atoms with E-state index in [1.54, 1.807) is 0 Å². The van der Waals surface area contributed by atoms with E-state index in [0.717, 1.165) is 31.5 Å². The molecule has 0 saturated carbocycles. The number of nitrogens with zero attached hydrogens (tertiary/aromatic N) is 2. The van der Waals surface area contributed by atoms with Crippen LogP contribution < -0.4 is 5.32 Å². The lowest BCUT2D eigenvalue weighted by atomic mass is 10.0. The van der Waals surface area contributed by atoms with Crippen LogP contribution in [0, 0.1) is 5.92 Å². The molecule has 0 aliphatic carbocycles. The highest BCUT2D eigenvalue weighted by atomic mass is 35.5. The number of amides is 2. The minimum absolute atomic E-state index is 0. The number of hydrogen-bond donors (Lipinski definition) is 1. The number of hydrogen-bond acceptors (Lipinski definition) is 3. The number of halogens is 1. The molecule has 25 heavy (non-hydrogen) atoms. The second-order valence-corrected chi connectivity index (χ2v) is 6.92. The van der Waals surface area contributed by atoms with E-state index in [1.165, 1.54) is 0 Å². The van der Waals surface area contributed by atoms with Gasteiger partial charge >= 0.3 is 0 Å². The topological polar surface area (TPSA) is 52.7 Å². The molecule has 1 N–H and O–H groups in total. The lowest BCUT2D eigenvalue weighted by Gasteiger charge is -2.33. The second kappa shape index (κ2) is 8.68. The van der Waals surface area contributed by atoms with Gasteiger partial charge in [-0.15, -0.1) is 12.4 Å². The highest BCUT2D eigenvalue weighted by molar-refractivity contribution is 5.89. The zero-order valence-corrected chi connectivity index (χ0v) is 15.8. The summed E-state index contributed by atoms with van der Waals surface area (Å²) in [5.74, 6) is 0.0604. The number of carbonyl (C=O) groups is 2. The molecule has 2 amide bonds. The molecule has 0 bridgehead atoms. The van der Waals surface area contributed by atoms with Crippen molar-refractivity contribution in [3.63, 3.8) is 0 Å². The van der Waals surface area contributed by atoms with Gasteiger partial charge in [-0.1, -0.05) is 30.3 Å². The van der Waals surface area contributed by atoms with Crippen molar-refractivity contribution in [2.75, 3.05) is 26.7 Å². The molecule has 2 heterocycles. The molecule has 6 heteroatoms. The van der Waals surface area contributed by atoms with Crippen molar-refractivity contribution in [2.24, 2.45) is 5.92 Å². The first-order valence-corrected chi connectivity index (χ1v) is 8.90. The number of likely N-dealkylation sites (tertiary alicyclic amines) is 2. The van der Waals surface area contributed by atoms with Crippen molar-refractivity contribution in [3.05, 3.63) is 35.9 Å². The lowest BCUT2D eigenvalue weighted by molar-refractivity contribution is -0.136. The van der Waals surface area contributed by atoms with Crippen LogP contribution in [-0.4, -0.2) is 54.3 Å². The lowest BCUT2D eigenvalue weighted by Crippen LogP contribution is -2.46. The molecule has 2 saturated heterocycles. The minimum atomic E-state index is -0.185. The quantitative estimate of drug-likeness (QED) is 0.890. The van der Waals surface area contributed by atoms with Crippen molar-refractivity contribution in [1.82, 2.24) is 15.1 Å². The van der Waals surface area contributed by atoms with Crippen molar-refractivity contribution in [2.45, 2.75) is 38.3 Å². The van der Waals surface area contributed by atoms with Gasteiger partial charge in [0.2, 0.25) is 11.8 Å². The Morgan fingerprint density at radius 1 is 1.20 bits per heavy atom. The van der Waals surface area contributed by atoms with Crippen LogP contribution in [0.1, 0.15) is 37.8 Å². The zero-order chi connectivity index (χ0) is 17.1. The summed E-state index contributed by atoms with van der Waals surface area (Å²) in [7, 11) is 1.97. The predicted octanol–water partition coefficient (Wildman–Crippen LogP) is 2.23. The Bertz CT molecular complexity index is 588. The van der Waals surface area contributed by atoms with E-state index in [4.69, 9.17) is 0 Å². The van der Waals surface area contributed by atoms with Crippen LogP contribution in [-0.2, 0) is 9.59 Å². The maximum absolute atomic E-state index is 12.8. The highest BCUT2D eigenvalue weighted by Gasteiger charge is 2.39. The average Bonchev–Trinajstić information content (AvgIpc) is 3.03. The first kappa shape index (κ1) is 19.7. The molecule has 138 valence electrons. The third kappa shape index (κ3) is 4.33. The van der Waals surface area contributed by atoms with Crippen LogP contribution in [0.25, 0.3) is 0 Å². The molecule has 2 unspecified atom stereocenters. The molecule has 0 radical (unpaired) electrons. The Balaban J connectivity index is 0.00000225. The van der Waals surface area contributed by atoms with Gasteiger partial charge < -0.3 is 15.1 Å². The van der Waals surface area contributed by atoms with E-state index < -0.39 is 0 Å². The molecule has 0 spiro atoms. The van der Waals surface area contributed by atoms with Gasteiger partial charge in [0, 0.05) is 32.1 Å². The van der Waals surface area contributed by atoms with Gasteiger partial charge in [0.05, 0.1) is 12.0 Å². The fourth-order valence-corrected chi connectivity index (χ4v) is 3.83. The van der Waals surface area contributed by atoms with Crippen molar-refractivity contribution in [1.29, 1.82) is 0 Å². The molecule has 1 aromatic carbocycles. The first-order valence-electron chi connectivity index (χ1n) is 8.90. The van der Waals surface area contributed by atoms with Crippen molar-refractivity contribution < 1.29 is 9.59 Å². The molecule has 2 atom stereocenters. The van der Waals surface area contributed by atoms with E-state index in [9.17, 15) is 9.59 Å². The van der Waals surface area contributed by atoms with E-state index in [2.05, 4.69) is 5.32 Å². The number of carbonyl (C=O) groups excluding carboxylic acids is 2. The van der Waals surface area contributed by atoms with Crippen LogP contribution in [0.4, 0.5) is 0 Å². The third-order valence-corrected chi connectivity index (χ3v) is 5.47. The molecular formula is C19H28ClN3O2. The van der Waals surface area contributed by atoms with Gasteiger partial charge in [0.15, 0.2) is 0 Å². The molecule has 3 rings (SSSR count). The predicted molar refractivity (Wildman–Crippen MR) is 101 cm³/mol.